The molecule has 6 nitrogen and oxygen atoms in total. The van der Waals surface area contributed by atoms with Crippen LogP contribution in [-0.4, -0.2) is 60.4 Å². The summed E-state index contributed by atoms with van der Waals surface area (Å²) in [5, 5.41) is 0. The molecule has 0 aliphatic carbocycles. The topological polar surface area (TPSA) is 59.1 Å². The van der Waals surface area contributed by atoms with Crippen molar-refractivity contribution in [1.82, 2.24) is 9.80 Å². The molecular formula is C25H31FN2O4. The number of piperazine rings is 1. The van der Waals surface area contributed by atoms with Crippen LogP contribution in [0.3, 0.4) is 0 Å². The molecule has 1 heterocycles. The fourth-order valence-corrected chi connectivity index (χ4v) is 4.04. The van der Waals surface area contributed by atoms with Crippen molar-refractivity contribution < 1.29 is 23.5 Å². The number of rotatable bonds is 8. The van der Waals surface area contributed by atoms with Gasteiger partial charge < -0.3 is 14.4 Å². The van der Waals surface area contributed by atoms with Gasteiger partial charge in [-0.05, 0) is 56.2 Å². The summed E-state index contributed by atoms with van der Waals surface area (Å²) in [5.41, 5.74) is 1.89. The number of benzene rings is 2. The Labute approximate surface area is 188 Å². The zero-order valence-corrected chi connectivity index (χ0v) is 19.1. The molecule has 0 spiro atoms. The van der Waals surface area contributed by atoms with Crippen LogP contribution in [0.2, 0.25) is 0 Å². The number of halogens is 1. The Bertz CT molecular complexity index is 947. The highest BCUT2D eigenvalue weighted by Gasteiger charge is 2.32. The van der Waals surface area contributed by atoms with Crippen LogP contribution in [0.4, 0.5) is 4.39 Å². The summed E-state index contributed by atoms with van der Waals surface area (Å²) < 4.78 is 24.3. The van der Waals surface area contributed by atoms with Gasteiger partial charge in [-0.3, -0.25) is 14.5 Å². The van der Waals surface area contributed by atoms with Crippen molar-refractivity contribution in [1.29, 1.82) is 0 Å². The van der Waals surface area contributed by atoms with Crippen LogP contribution >= 0.6 is 0 Å². The summed E-state index contributed by atoms with van der Waals surface area (Å²) in [6.45, 7) is 7.61. The summed E-state index contributed by atoms with van der Waals surface area (Å²) in [7, 11) is 1.53. The smallest absolute Gasteiger partial charge is 0.260 e. The monoisotopic (exact) mass is 442 g/mol. The molecule has 32 heavy (non-hydrogen) atoms. The number of carbonyl (C=O) groups excluding carboxylic acids is 2. The maximum atomic E-state index is 13.2. The van der Waals surface area contributed by atoms with E-state index < -0.39 is 0 Å². The number of methoxy groups -OCH3 is 1. The number of carbonyl (C=O) groups is 2. The van der Waals surface area contributed by atoms with Gasteiger partial charge in [0, 0.05) is 38.1 Å². The van der Waals surface area contributed by atoms with E-state index in [1.165, 1.54) is 26.2 Å². The largest absolute Gasteiger partial charge is 0.493 e. The Morgan fingerprint density at radius 2 is 1.69 bits per heavy atom. The summed E-state index contributed by atoms with van der Waals surface area (Å²) in [4.78, 5) is 28.4. The molecular weight excluding hydrogens is 411 g/mol. The highest BCUT2D eigenvalue weighted by molar-refractivity contribution is 5.79. The minimum atomic E-state index is -0.240. The molecule has 1 aliphatic heterocycles. The van der Waals surface area contributed by atoms with E-state index in [0.29, 0.717) is 31.0 Å². The van der Waals surface area contributed by atoms with E-state index in [1.807, 2.05) is 17.9 Å². The molecule has 0 aromatic heterocycles. The molecule has 0 saturated carbocycles. The van der Waals surface area contributed by atoms with Crippen LogP contribution in [0, 0.1) is 5.82 Å². The Morgan fingerprint density at radius 1 is 1.00 bits per heavy atom. The zero-order chi connectivity index (χ0) is 23.3. The Morgan fingerprint density at radius 3 is 2.34 bits per heavy atom. The highest BCUT2D eigenvalue weighted by Crippen LogP contribution is 2.28. The molecule has 1 fully saturated rings. The molecule has 0 bridgehead atoms. The van der Waals surface area contributed by atoms with Gasteiger partial charge in [-0.25, -0.2) is 4.39 Å². The maximum absolute atomic E-state index is 13.2. The average Bonchev–Trinajstić information content (AvgIpc) is 2.75. The van der Waals surface area contributed by atoms with Crippen molar-refractivity contribution in [3.8, 4) is 11.5 Å². The molecule has 2 aromatic carbocycles. The first kappa shape index (κ1) is 23.7. The fourth-order valence-electron chi connectivity index (χ4n) is 4.04. The van der Waals surface area contributed by atoms with Crippen molar-refractivity contribution in [2.24, 2.45) is 0 Å². The predicted molar refractivity (Wildman–Crippen MR) is 120 cm³/mol. The normalized spacial score (nSPS) is 19.0. The summed E-state index contributed by atoms with van der Waals surface area (Å²) in [6.07, 6.45) is 0.327. The summed E-state index contributed by atoms with van der Waals surface area (Å²) in [6, 6.07) is 12.0. The molecule has 3 rings (SSSR count). The Balaban J connectivity index is 1.58. The van der Waals surface area contributed by atoms with Crippen molar-refractivity contribution >= 4 is 11.7 Å². The number of hydrogen-bond acceptors (Lipinski definition) is 5. The molecule has 0 N–H and O–H groups in total. The van der Waals surface area contributed by atoms with Crippen LogP contribution < -0.4 is 9.47 Å². The second kappa shape index (κ2) is 10.6. The Hall–Kier alpha value is -2.93. The van der Waals surface area contributed by atoms with Gasteiger partial charge in [0.2, 0.25) is 0 Å². The first-order chi connectivity index (χ1) is 15.3. The van der Waals surface area contributed by atoms with E-state index in [0.717, 1.165) is 17.7 Å². The maximum Gasteiger partial charge on any atom is 0.260 e. The number of Topliss-reactive ketones (excluding diaryl/α,β-unsaturated/α-hetero) is 1. The number of ketones is 1. The summed E-state index contributed by atoms with van der Waals surface area (Å²) in [5.74, 6) is 0.722. The lowest BCUT2D eigenvalue weighted by atomic mass is 10.1. The summed E-state index contributed by atoms with van der Waals surface area (Å²) >= 11 is 0. The van der Waals surface area contributed by atoms with Crippen molar-refractivity contribution in [3.05, 3.63) is 59.4 Å². The second-order valence-corrected chi connectivity index (χ2v) is 8.45. The van der Waals surface area contributed by atoms with Crippen LogP contribution in [0.1, 0.15) is 31.9 Å². The van der Waals surface area contributed by atoms with Crippen LogP contribution in [0.15, 0.2) is 42.5 Å². The first-order valence-corrected chi connectivity index (χ1v) is 10.8. The molecule has 2 aromatic rings. The lowest BCUT2D eigenvalue weighted by Gasteiger charge is -2.44. The lowest BCUT2D eigenvalue weighted by molar-refractivity contribution is -0.139. The van der Waals surface area contributed by atoms with Gasteiger partial charge >= 0.3 is 0 Å². The van der Waals surface area contributed by atoms with Crippen LogP contribution in [-0.2, 0) is 22.6 Å². The van der Waals surface area contributed by atoms with Gasteiger partial charge in [0.15, 0.2) is 18.1 Å². The van der Waals surface area contributed by atoms with E-state index >= 15 is 0 Å². The van der Waals surface area contributed by atoms with Gasteiger partial charge in [-0.1, -0.05) is 18.2 Å². The molecule has 0 radical (unpaired) electrons. The van der Waals surface area contributed by atoms with E-state index in [9.17, 15) is 14.0 Å². The van der Waals surface area contributed by atoms with E-state index in [1.54, 1.807) is 24.3 Å². The first-order valence-electron chi connectivity index (χ1n) is 10.8. The van der Waals surface area contributed by atoms with Gasteiger partial charge in [0.25, 0.3) is 5.91 Å². The van der Waals surface area contributed by atoms with Crippen molar-refractivity contribution in [2.45, 2.75) is 45.8 Å². The standard InChI is InChI=1S/C25H31FN2O4/c1-17-14-28(18(2)13-27(17)15-20-5-8-22(26)9-6-20)25(30)16-32-23-10-7-21(11-19(3)29)12-24(23)31-4/h5-10,12,17-18H,11,13-16H2,1-4H3/t17-,18+/m1/s1. The minimum Gasteiger partial charge on any atom is -0.493 e. The quantitative estimate of drug-likeness (QED) is 0.627. The molecule has 1 amide bonds. The van der Waals surface area contributed by atoms with Crippen LogP contribution in [0.25, 0.3) is 0 Å². The van der Waals surface area contributed by atoms with E-state index in [2.05, 4.69) is 11.8 Å². The number of amides is 1. The van der Waals surface area contributed by atoms with Gasteiger partial charge in [-0.15, -0.1) is 0 Å². The molecule has 7 heteroatoms. The highest BCUT2D eigenvalue weighted by atomic mass is 19.1. The van der Waals surface area contributed by atoms with Gasteiger partial charge in [0.05, 0.1) is 7.11 Å². The van der Waals surface area contributed by atoms with Crippen molar-refractivity contribution in [2.75, 3.05) is 26.8 Å². The van der Waals surface area contributed by atoms with Gasteiger partial charge in [-0.2, -0.15) is 0 Å². The third kappa shape index (κ3) is 6.07. The fraction of sp³-hybridized carbons (Fsp3) is 0.440. The number of hydrogen-bond donors (Lipinski definition) is 0. The Kier molecular flexibility index (Phi) is 7.85. The third-order valence-corrected chi connectivity index (χ3v) is 5.77. The number of ether oxygens (including phenoxy) is 2. The SMILES string of the molecule is COc1cc(CC(C)=O)ccc1OCC(=O)N1C[C@@H](C)N(Cc2ccc(F)cc2)C[C@@H]1C. The molecule has 0 unspecified atom stereocenters. The van der Waals surface area contributed by atoms with Gasteiger partial charge in [0.1, 0.15) is 11.6 Å². The second-order valence-electron chi connectivity index (χ2n) is 8.45. The van der Waals surface area contributed by atoms with Crippen molar-refractivity contribution in [3.63, 3.8) is 0 Å². The zero-order valence-electron chi connectivity index (χ0n) is 19.1. The minimum absolute atomic E-state index is 0.0302. The molecule has 172 valence electrons. The average molecular weight is 443 g/mol. The molecule has 1 aliphatic rings. The molecule has 1 saturated heterocycles. The molecule has 2 atom stereocenters. The predicted octanol–water partition coefficient (Wildman–Crippen LogP) is 3.47. The van der Waals surface area contributed by atoms with E-state index in [4.69, 9.17) is 9.47 Å². The lowest BCUT2D eigenvalue weighted by Crippen LogP contribution is -2.58. The number of nitrogens with zero attached hydrogens (tertiary/aromatic N) is 2. The van der Waals surface area contributed by atoms with E-state index in [-0.39, 0.29) is 36.2 Å². The van der Waals surface area contributed by atoms with Crippen LogP contribution in [0.5, 0.6) is 11.5 Å². The third-order valence-electron chi connectivity index (χ3n) is 5.77.